The first kappa shape index (κ1) is 18.9. The Morgan fingerprint density at radius 3 is 2.38 bits per heavy atom. The monoisotopic (exact) mass is 299 g/mol. The van der Waals surface area contributed by atoms with Crippen molar-refractivity contribution in [2.75, 3.05) is 13.2 Å². The zero-order valence-electron chi connectivity index (χ0n) is 14.6. The number of hydrogen-bond acceptors (Lipinski definition) is 3. The summed E-state index contributed by atoms with van der Waals surface area (Å²) in [7, 11) is 0. The average molecular weight is 299 g/mol. The topological polar surface area (TPSA) is 41.5 Å². The fourth-order valence-corrected chi connectivity index (χ4v) is 3.43. The molecule has 2 atom stereocenters. The van der Waals surface area contributed by atoms with Crippen LogP contribution in [0.1, 0.15) is 72.6 Å². The largest absolute Gasteiger partial charge is 0.389 e. The van der Waals surface area contributed by atoms with Crippen LogP contribution in [-0.4, -0.2) is 36.5 Å². The Kier molecular flexibility index (Phi) is 9.54. The van der Waals surface area contributed by atoms with Gasteiger partial charge in [-0.25, -0.2) is 0 Å². The van der Waals surface area contributed by atoms with Gasteiger partial charge in [0.25, 0.3) is 0 Å². The van der Waals surface area contributed by atoms with Crippen LogP contribution >= 0.6 is 0 Å². The number of ether oxygens (including phenoxy) is 1. The molecule has 2 N–H and O–H groups in total. The van der Waals surface area contributed by atoms with E-state index in [1.807, 2.05) is 0 Å². The van der Waals surface area contributed by atoms with E-state index in [0.29, 0.717) is 25.1 Å². The molecule has 0 spiro atoms. The van der Waals surface area contributed by atoms with Crippen molar-refractivity contribution in [1.82, 2.24) is 5.32 Å². The molecular formula is C18H37NO2. The highest BCUT2D eigenvalue weighted by molar-refractivity contribution is 4.78. The maximum atomic E-state index is 10.0. The van der Waals surface area contributed by atoms with Crippen molar-refractivity contribution in [3.63, 3.8) is 0 Å². The molecule has 0 bridgehead atoms. The second-order valence-corrected chi connectivity index (χ2v) is 7.34. The van der Waals surface area contributed by atoms with Crippen LogP contribution in [0.25, 0.3) is 0 Å². The SMILES string of the molecule is CCCC1CCC(NCC(O)COC(C)CC(C)C)CC1. The molecule has 0 heterocycles. The van der Waals surface area contributed by atoms with Crippen LogP contribution < -0.4 is 5.32 Å². The van der Waals surface area contributed by atoms with Crippen molar-refractivity contribution < 1.29 is 9.84 Å². The van der Waals surface area contributed by atoms with E-state index < -0.39 is 0 Å². The minimum absolute atomic E-state index is 0.240. The van der Waals surface area contributed by atoms with E-state index in [-0.39, 0.29) is 12.2 Å². The van der Waals surface area contributed by atoms with Crippen molar-refractivity contribution >= 4 is 0 Å². The Labute approximate surface area is 131 Å². The summed E-state index contributed by atoms with van der Waals surface area (Å²) >= 11 is 0. The average Bonchev–Trinajstić information content (AvgIpc) is 2.44. The minimum atomic E-state index is -0.382. The van der Waals surface area contributed by atoms with Gasteiger partial charge in [-0.05, 0) is 50.9 Å². The molecule has 3 heteroatoms. The fourth-order valence-electron chi connectivity index (χ4n) is 3.43. The van der Waals surface area contributed by atoms with Gasteiger partial charge < -0.3 is 15.2 Å². The Morgan fingerprint density at radius 2 is 1.81 bits per heavy atom. The van der Waals surface area contributed by atoms with E-state index in [2.05, 4.69) is 33.0 Å². The molecule has 1 saturated carbocycles. The van der Waals surface area contributed by atoms with Crippen molar-refractivity contribution in [2.24, 2.45) is 11.8 Å². The molecule has 1 rings (SSSR count). The van der Waals surface area contributed by atoms with Crippen LogP contribution in [0.4, 0.5) is 0 Å². The standard InChI is InChI=1S/C18H37NO2/c1-5-6-16-7-9-17(10-8-16)19-12-18(20)13-21-15(4)11-14(2)3/h14-20H,5-13H2,1-4H3. The van der Waals surface area contributed by atoms with Gasteiger partial charge in [0.2, 0.25) is 0 Å². The third kappa shape index (κ3) is 8.80. The zero-order chi connectivity index (χ0) is 15.7. The van der Waals surface area contributed by atoms with Crippen LogP contribution in [0.15, 0.2) is 0 Å². The van der Waals surface area contributed by atoms with Crippen LogP contribution in [0.5, 0.6) is 0 Å². The van der Waals surface area contributed by atoms with Gasteiger partial charge in [-0.2, -0.15) is 0 Å². The first-order chi connectivity index (χ1) is 10.0. The van der Waals surface area contributed by atoms with Gasteiger partial charge in [-0.1, -0.05) is 33.6 Å². The number of hydrogen-bond donors (Lipinski definition) is 2. The third-order valence-corrected chi connectivity index (χ3v) is 4.56. The second kappa shape index (κ2) is 10.6. The lowest BCUT2D eigenvalue weighted by molar-refractivity contribution is -0.00974. The molecule has 1 aliphatic carbocycles. The quantitative estimate of drug-likeness (QED) is 0.645. The van der Waals surface area contributed by atoms with Gasteiger partial charge >= 0.3 is 0 Å². The first-order valence-corrected chi connectivity index (χ1v) is 9.04. The number of nitrogens with one attached hydrogen (secondary N) is 1. The van der Waals surface area contributed by atoms with Gasteiger partial charge in [0.1, 0.15) is 0 Å². The maximum absolute atomic E-state index is 10.0. The Balaban J connectivity index is 2.07. The fraction of sp³-hybridized carbons (Fsp3) is 1.00. The molecular weight excluding hydrogens is 262 g/mol. The molecule has 0 aromatic carbocycles. The summed E-state index contributed by atoms with van der Waals surface area (Å²) in [6.07, 6.45) is 8.85. The molecule has 21 heavy (non-hydrogen) atoms. The lowest BCUT2D eigenvalue weighted by atomic mass is 9.83. The van der Waals surface area contributed by atoms with Crippen molar-refractivity contribution in [1.29, 1.82) is 0 Å². The third-order valence-electron chi connectivity index (χ3n) is 4.56. The normalized spacial score (nSPS) is 26.0. The lowest BCUT2D eigenvalue weighted by Crippen LogP contribution is -2.39. The summed E-state index contributed by atoms with van der Waals surface area (Å²) in [5.41, 5.74) is 0. The smallest absolute Gasteiger partial charge is 0.0897 e. The van der Waals surface area contributed by atoms with E-state index in [0.717, 1.165) is 12.3 Å². The lowest BCUT2D eigenvalue weighted by Gasteiger charge is -2.29. The van der Waals surface area contributed by atoms with E-state index in [4.69, 9.17) is 4.74 Å². The predicted molar refractivity (Wildman–Crippen MR) is 89.5 cm³/mol. The zero-order valence-corrected chi connectivity index (χ0v) is 14.6. The number of aliphatic hydroxyl groups excluding tert-OH is 1. The summed E-state index contributed by atoms with van der Waals surface area (Å²) in [5.74, 6) is 1.59. The summed E-state index contributed by atoms with van der Waals surface area (Å²) in [6.45, 7) is 9.89. The van der Waals surface area contributed by atoms with Crippen LogP contribution in [0, 0.1) is 11.8 Å². The van der Waals surface area contributed by atoms with Crippen LogP contribution in [-0.2, 0) is 4.74 Å². The Bertz CT molecular complexity index is 250. The molecule has 0 aliphatic heterocycles. The molecule has 0 aromatic heterocycles. The van der Waals surface area contributed by atoms with E-state index in [1.165, 1.54) is 38.5 Å². The Hall–Kier alpha value is -0.120. The Morgan fingerprint density at radius 1 is 1.14 bits per heavy atom. The van der Waals surface area contributed by atoms with Gasteiger partial charge in [-0.3, -0.25) is 0 Å². The molecule has 2 unspecified atom stereocenters. The van der Waals surface area contributed by atoms with E-state index in [1.54, 1.807) is 0 Å². The van der Waals surface area contributed by atoms with E-state index >= 15 is 0 Å². The van der Waals surface area contributed by atoms with Crippen molar-refractivity contribution in [2.45, 2.75) is 90.9 Å². The predicted octanol–water partition coefficient (Wildman–Crippen LogP) is 3.75. The first-order valence-electron chi connectivity index (χ1n) is 9.04. The molecule has 0 aromatic rings. The molecule has 1 fully saturated rings. The minimum Gasteiger partial charge on any atom is -0.389 e. The van der Waals surface area contributed by atoms with Gasteiger partial charge in [-0.15, -0.1) is 0 Å². The van der Waals surface area contributed by atoms with Gasteiger partial charge in [0, 0.05) is 12.6 Å². The van der Waals surface area contributed by atoms with Gasteiger partial charge in [0.15, 0.2) is 0 Å². The highest BCUT2D eigenvalue weighted by Crippen LogP contribution is 2.27. The maximum Gasteiger partial charge on any atom is 0.0897 e. The summed E-state index contributed by atoms with van der Waals surface area (Å²) < 4.78 is 5.71. The number of rotatable bonds is 10. The summed E-state index contributed by atoms with van der Waals surface area (Å²) in [4.78, 5) is 0. The van der Waals surface area contributed by atoms with Crippen LogP contribution in [0.2, 0.25) is 0 Å². The summed E-state index contributed by atoms with van der Waals surface area (Å²) in [6, 6.07) is 0.598. The molecule has 0 radical (unpaired) electrons. The number of aliphatic hydroxyl groups is 1. The molecule has 0 amide bonds. The molecule has 0 saturated heterocycles. The highest BCUT2D eigenvalue weighted by Gasteiger charge is 2.20. The van der Waals surface area contributed by atoms with Crippen LogP contribution in [0.3, 0.4) is 0 Å². The van der Waals surface area contributed by atoms with Crippen molar-refractivity contribution in [3.05, 3.63) is 0 Å². The highest BCUT2D eigenvalue weighted by atomic mass is 16.5. The molecule has 126 valence electrons. The van der Waals surface area contributed by atoms with Crippen molar-refractivity contribution in [3.8, 4) is 0 Å². The summed E-state index contributed by atoms with van der Waals surface area (Å²) in [5, 5.41) is 13.5. The molecule has 3 nitrogen and oxygen atoms in total. The van der Waals surface area contributed by atoms with E-state index in [9.17, 15) is 5.11 Å². The molecule has 1 aliphatic rings. The van der Waals surface area contributed by atoms with Gasteiger partial charge in [0.05, 0.1) is 18.8 Å². The second-order valence-electron chi connectivity index (χ2n) is 7.34.